The first-order chi connectivity index (χ1) is 8.80. The van der Waals surface area contributed by atoms with E-state index in [-0.39, 0.29) is 22.1 Å². The lowest BCUT2D eigenvalue weighted by Gasteiger charge is -2.16. The van der Waals surface area contributed by atoms with E-state index >= 15 is 0 Å². The molecule has 1 aromatic heterocycles. The van der Waals surface area contributed by atoms with Gasteiger partial charge in [-0.05, 0) is 6.92 Å². The smallest absolute Gasteiger partial charge is 0.183 e. The summed E-state index contributed by atoms with van der Waals surface area (Å²) in [6, 6.07) is 0. The highest BCUT2D eigenvalue weighted by molar-refractivity contribution is 7.92. The minimum atomic E-state index is -3.44. The van der Waals surface area contributed by atoms with Crippen LogP contribution < -0.4 is 10.6 Å². The molecule has 0 bridgehead atoms. The lowest BCUT2D eigenvalue weighted by Crippen LogP contribution is -2.18. The number of carbonyl (C=O) groups is 1. The van der Waals surface area contributed by atoms with Gasteiger partial charge in [-0.1, -0.05) is 13.8 Å². The molecule has 5 nitrogen and oxygen atoms in total. The largest absolute Gasteiger partial charge is 0.396 e. The Morgan fingerprint density at radius 3 is 2.32 bits per heavy atom. The molecule has 1 aromatic rings. The van der Waals surface area contributed by atoms with Crippen LogP contribution in [0.3, 0.4) is 0 Å². The fourth-order valence-electron chi connectivity index (χ4n) is 1.62. The predicted molar refractivity (Wildman–Crippen MR) is 80.0 cm³/mol. The summed E-state index contributed by atoms with van der Waals surface area (Å²) in [6.07, 6.45) is 0.311. The fourth-order valence-corrected chi connectivity index (χ4v) is 4.49. The number of Topliss-reactive ketones (excluding diaryl/α,β-unsaturated/α-hetero) is 1. The predicted octanol–water partition coefficient (Wildman–Crippen LogP) is 2.17. The van der Waals surface area contributed by atoms with Gasteiger partial charge < -0.3 is 10.6 Å². The third-order valence-corrected chi connectivity index (χ3v) is 6.25. The van der Waals surface area contributed by atoms with Gasteiger partial charge in [-0.25, -0.2) is 8.42 Å². The summed E-state index contributed by atoms with van der Waals surface area (Å²) in [6.45, 7) is 5.87. The number of carbonyl (C=O) groups excluding carboxylic acids is 1. The van der Waals surface area contributed by atoms with E-state index in [1.54, 1.807) is 25.8 Å². The van der Waals surface area contributed by atoms with Crippen LogP contribution in [0, 0.1) is 0 Å². The maximum atomic E-state index is 12.2. The average molecular weight is 304 g/mol. The molecule has 0 aliphatic rings. The zero-order valence-corrected chi connectivity index (χ0v) is 13.3. The molecule has 0 aliphatic heterocycles. The van der Waals surface area contributed by atoms with Gasteiger partial charge in [0.1, 0.15) is 9.90 Å². The summed E-state index contributed by atoms with van der Waals surface area (Å²) >= 11 is 1.17. The van der Waals surface area contributed by atoms with E-state index in [1.807, 2.05) is 6.92 Å². The Hall–Kier alpha value is -1.08. The summed E-state index contributed by atoms with van der Waals surface area (Å²) in [5.41, 5.74) is 6.02. The molecule has 108 valence electrons. The first-order valence-electron chi connectivity index (χ1n) is 6.19. The molecule has 1 heterocycles. The van der Waals surface area contributed by atoms with Gasteiger partial charge in [0.25, 0.3) is 0 Å². The van der Waals surface area contributed by atoms with Crippen molar-refractivity contribution < 1.29 is 13.2 Å². The van der Waals surface area contributed by atoms with Gasteiger partial charge in [-0.2, -0.15) is 0 Å². The van der Waals surface area contributed by atoms with Crippen molar-refractivity contribution >= 4 is 37.6 Å². The molecule has 0 amide bonds. The van der Waals surface area contributed by atoms with Gasteiger partial charge >= 0.3 is 0 Å². The Morgan fingerprint density at radius 1 is 1.32 bits per heavy atom. The van der Waals surface area contributed by atoms with E-state index in [0.717, 1.165) is 0 Å². The Labute approximate surface area is 118 Å². The molecular formula is C12H20N2O3S2. The molecule has 19 heavy (non-hydrogen) atoms. The second-order valence-corrected chi connectivity index (χ2v) is 7.39. The van der Waals surface area contributed by atoms with Crippen molar-refractivity contribution in [1.82, 2.24) is 0 Å². The van der Waals surface area contributed by atoms with Crippen molar-refractivity contribution in [2.24, 2.45) is 0 Å². The van der Waals surface area contributed by atoms with Crippen LogP contribution in [0.15, 0.2) is 4.90 Å². The molecule has 1 rings (SSSR count). The van der Waals surface area contributed by atoms with Gasteiger partial charge in [0, 0.05) is 20.0 Å². The van der Waals surface area contributed by atoms with Gasteiger partial charge in [0.15, 0.2) is 15.6 Å². The molecule has 2 N–H and O–H groups in total. The van der Waals surface area contributed by atoms with Crippen molar-refractivity contribution in [2.45, 2.75) is 32.1 Å². The molecule has 0 saturated carbocycles. The maximum absolute atomic E-state index is 12.2. The molecular weight excluding hydrogens is 284 g/mol. The van der Waals surface area contributed by atoms with Crippen LogP contribution in [-0.2, 0) is 9.84 Å². The van der Waals surface area contributed by atoms with Crippen molar-refractivity contribution in [3.05, 3.63) is 4.88 Å². The van der Waals surface area contributed by atoms with Crippen LogP contribution in [0.5, 0.6) is 0 Å². The Balaban J connectivity index is 3.59. The van der Waals surface area contributed by atoms with Crippen LogP contribution in [-0.4, -0.2) is 33.5 Å². The SMILES string of the molecule is CCC(=O)c1sc(N(C)CC)c(S(=O)(=O)CC)c1N. The molecule has 0 unspecified atom stereocenters. The number of nitrogen functional groups attached to an aromatic ring is 1. The molecule has 0 saturated heterocycles. The average Bonchev–Trinajstić information content (AvgIpc) is 2.75. The molecule has 0 atom stereocenters. The highest BCUT2D eigenvalue weighted by Gasteiger charge is 2.29. The molecule has 0 radical (unpaired) electrons. The zero-order chi connectivity index (χ0) is 14.8. The van der Waals surface area contributed by atoms with E-state index in [0.29, 0.717) is 22.8 Å². The fraction of sp³-hybridized carbons (Fsp3) is 0.583. The number of hydrogen-bond donors (Lipinski definition) is 1. The Kier molecular flexibility index (Phi) is 4.98. The third-order valence-electron chi connectivity index (χ3n) is 2.97. The highest BCUT2D eigenvalue weighted by Crippen LogP contribution is 2.42. The van der Waals surface area contributed by atoms with Crippen molar-refractivity contribution in [3.8, 4) is 0 Å². The molecule has 0 spiro atoms. The zero-order valence-electron chi connectivity index (χ0n) is 11.7. The number of hydrogen-bond acceptors (Lipinski definition) is 6. The molecule has 7 heteroatoms. The number of nitrogens with two attached hydrogens (primary N) is 1. The minimum Gasteiger partial charge on any atom is -0.396 e. The van der Waals surface area contributed by atoms with E-state index in [1.165, 1.54) is 11.3 Å². The minimum absolute atomic E-state index is 0.0295. The van der Waals surface area contributed by atoms with E-state index in [9.17, 15) is 13.2 Å². The summed E-state index contributed by atoms with van der Waals surface area (Å²) in [4.78, 5) is 14.1. The summed E-state index contributed by atoms with van der Waals surface area (Å²) < 4.78 is 24.4. The van der Waals surface area contributed by atoms with Gasteiger partial charge in [0.05, 0.1) is 16.3 Å². The first kappa shape index (κ1) is 16.0. The number of ketones is 1. The number of anilines is 2. The third kappa shape index (κ3) is 2.92. The van der Waals surface area contributed by atoms with Crippen molar-refractivity contribution in [2.75, 3.05) is 30.0 Å². The molecule has 0 aliphatic carbocycles. The van der Waals surface area contributed by atoms with E-state index in [4.69, 9.17) is 5.73 Å². The highest BCUT2D eigenvalue weighted by atomic mass is 32.2. The number of thiophene rings is 1. The van der Waals surface area contributed by atoms with Gasteiger partial charge in [0.2, 0.25) is 0 Å². The lowest BCUT2D eigenvalue weighted by molar-refractivity contribution is 0.0992. The monoisotopic (exact) mass is 304 g/mol. The normalized spacial score (nSPS) is 11.6. The van der Waals surface area contributed by atoms with Gasteiger partial charge in [-0.3, -0.25) is 4.79 Å². The molecule has 0 fully saturated rings. The number of nitrogens with zero attached hydrogens (tertiary/aromatic N) is 1. The van der Waals surface area contributed by atoms with Gasteiger partial charge in [-0.15, -0.1) is 11.3 Å². The number of rotatable bonds is 6. The standard InChI is InChI=1S/C12H20N2O3S2/c1-5-8(15)10-9(13)11(19(16,17)7-3)12(18-10)14(4)6-2/h5-7,13H2,1-4H3. The molecule has 0 aromatic carbocycles. The second kappa shape index (κ2) is 5.92. The van der Waals surface area contributed by atoms with Crippen LogP contribution in [0.2, 0.25) is 0 Å². The summed E-state index contributed by atoms with van der Waals surface area (Å²) in [5, 5.41) is 0.554. The van der Waals surface area contributed by atoms with Crippen LogP contribution >= 0.6 is 11.3 Å². The van der Waals surface area contributed by atoms with E-state index < -0.39 is 9.84 Å². The lowest BCUT2D eigenvalue weighted by atomic mass is 10.2. The maximum Gasteiger partial charge on any atom is 0.183 e. The quantitative estimate of drug-likeness (QED) is 0.815. The summed E-state index contributed by atoms with van der Waals surface area (Å²) in [7, 11) is -1.65. The second-order valence-electron chi connectivity index (χ2n) is 4.17. The Morgan fingerprint density at radius 2 is 1.89 bits per heavy atom. The van der Waals surface area contributed by atoms with Crippen molar-refractivity contribution in [1.29, 1.82) is 0 Å². The van der Waals surface area contributed by atoms with E-state index in [2.05, 4.69) is 0 Å². The first-order valence-corrected chi connectivity index (χ1v) is 8.66. The topological polar surface area (TPSA) is 80.5 Å². The van der Waals surface area contributed by atoms with Crippen LogP contribution in [0.1, 0.15) is 36.9 Å². The number of sulfone groups is 1. The van der Waals surface area contributed by atoms with Crippen LogP contribution in [0.25, 0.3) is 0 Å². The van der Waals surface area contributed by atoms with Crippen LogP contribution in [0.4, 0.5) is 10.7 Å². The Bertz CT molecular complexity index is 576. The summed E-state index contributed by atoms with van der Waals surface area (Å²) in [5.74, 6) is -0.149. The van der Waals surface area contributed by atoms with Crippen molar-refractivity contribution in [3.63, 3.8) is 0 Å².